The predicted octanol–water partition coefficient (Wildman–Crippen LogP) is 5.88. The smallest absolute Gasteiger partial charge is 0.169 e. The summed E-state index contributed by atoms with van der Waals surface area (Å²) in [6.07, 6.45) is 4.01. The number of hydrogen-bond acceptors (Lipinski definition) is 4. The van der Waals surface area contributed by atoms with Crippen molar-refractivity contribution in [2.75, 3.05) is 18.1 Å². The fourth-order valence-corrected chi connectivity index (χ4v) is 5.36. The molecule has 26 heavy (non-hydrogen) atoms. The number of fused-ring (bicyclic) bond motifs is 2. The van der Waals surface area contributed by atoms with Gasteiger partial charge in [0.2, 0.25) is 0 Å². The molecule has 0 atom stereocenters. The van der Waals surface area contributed by atoms with Crippen LogP contribution in [0.4, 0.5) is 11.4 Å². The maximum Gasteiger partial charge on any atom is 0.169 e. The van der Waals surface area contributed by atoms with E-state index >= 15 is 0 Å². The fraction of sp³-hybridized carbons (Fsp3) is 0.364. The molecule has 0 bridgehead atoms. The molecule has 0 unspecified atom stereocenters. The van der Waals surface area contributed by atoms with Gasteiger partial charge in [-0.25, -0.2) is 0 Å². The largest absolute Gasteiger partial charge is 0.348 e. The van der Waals surface area contributed by atoms with Crippen LogP contribution in [0.15, 0.2) is 69.6 Å². The zero-order valence-corrected chi connectivity index (χ0v) is 15.8. The Labute approximate surface area is 159 Å². The molecule has 2 aromatic rings. The number of ether oxygens (including phenoxy) is 2. The second kappa shape index (κ2) is 6.45. The zero-order chi connectivity index (χ0) is 17.6. The summed E-state index contributed by atoms with van der Waals surface area (Å²) in [5.41, 5.74) is 5.45. The van der Waals surface area contributed by atoms with Crippen LogP contribution in [0.2, 0.25) is 0 Å². The van der Waals surface area contributed by atoms with Crippen LogP contribution < -0.4 is 4.90 Å². The van der Waals surface area contributed by atoms with Crippen LogP contribution in [0.5, 0.6) is 0 Å². The lowest BCUT2D eigenvalue weighted by Gasteiger charge is -2.37. The van der Waals surface area contributed by atoms with Crippen molar-refractivity contribution in [2.24, 2.45) is 0 Å². The van der Waals surface area contributed by atoms with E-state index in [0.29, 0.717) is 0 Å². The molecular weight excluding hydrogens is 342 g/mol. The number of anilines is 2. The Morgan fingerprint density at radius 1 is 0.885 bits per heavy atom. The van der Waals surface area contributed by atoms with Gasteiger partial charge < -0.3 is 14.4 Å². The van der Waals surface area contributed by atoms with E-state index in [2.05, 4.69) is 60.4 Å². The standard InChI is InChI=1S/C22H23NO2S/c1-16(17-10-12-22(13-11-17)24-14-15-25-22)23-18-6-2-4-8-20(18)26-21-9-5-3-7-19(21)23/h2-9H,10-15H2,1H3. The molecule has 2 aliphatic heterocycles. The molecule has 0 amide bonds. The molecule has 134 valence electrons. The van der Waals surface area contributed by atoms with Gasteiger partial charge >= 0.3 is 0 Å². The van der Waals surface area contributed by atoms with Gasteiger partial charge in [0, 0.05) is 28.3 Å². The molecule has 0 N–H and O–H groups in total. The number of para-hydroxylation sites is 2. The molecule has 1 saturated carbocycles. The van der Waals surface area contributed by atoms with E-state index < -0.39 is 0 Å². The van der Waals surface area contributed by atoms with E-state index in [-0.39, 0.29) is 5.79 Å². The molecule has 3 aliphatic rings. The highest BCUT2D eigenvalue weighted by Crippen LogP contribution is 2.50. The molecule has 2 aromatic carbocycles. The number of benzene rings is 2. The van der Waals surface area contributed by atoms with Crippen molar-refractivity contribution in [1.82, 2.24) is 0 Å². The number of nitrogens with zero attached hydrogens (tertiary/aromatic N) is 1. The van der Waals surface area contributed by atoms with E-state index in [0.717, 1.165) is 38.9 Å². The van der Waals surface area contributed by atoms with Gasteiger partial charge in [-0.3, -0.25) is 0 Å². The lowest BCUT2D eigenvalue weighted by molar-refractivity contribution is -0.171. The first-order chi connectivity index (χ1) is 12.8. The van der Waals surface area contributed by atoms with E-state index in [1.807, 2.05) is 11.8 Å². The summed E-state index contributed by atoms with van der Waals surface area (Å²) in [6.45, 7) is 3.75. The Kier molecular flexibility index (Phi) is 4.07. The SMILES string of the molecule is CC(=C1CCC2(CC1)OCCO2)N1c2ccccc2Sc2ccccc21. The molecule has 5 rings (SSSR count). The maximum atomic E-state index is 5.91. The Bertz CT molecular complexity index is 812. The van der Waals surface area contributed by atoms with Crippen molar-refractivity contribution >= 4 is 23.1 Å². The lowest BCUT2D eigenvalue weighted by atomic mass is 9.88. The summed E-state index contributed by atoms with van der Waals surface area (Å²) in [4.78, 5) is 5.09. The fourth-order valence-electron chi connectivity index (χ4n) is 4.30. The van der Waals surface area contributed by atoms with E-state index in [1.54, 1.807) is 0 Å². The molecule has 2 heterocycles. The molecule has 0 radical (unpaired) electrons. The molecule has 1 spiro atoms. The van der Waals surface area contributed by atoms with E-state index in [1.165, 1.54) is 32.4 Å². The highest BCUT2D eigenvalue weighted by atomic mass is 32.2. The minimum Gasteiger partial charge on any atom is -0.348 e. The second-order valence-corrected chi connectivity index (χ2v) is 8.25. The van der Waals surface area contributed by atoms with Gasteiger partial charge in [-0.15, -0.1) is 0 Å². The topological polar surface area (TPSA) is 21.7 Å². The van der Waals surface area contributed by atoms with Crippen LogP contribution in [0.25, 0.3) is 0 Å². The van der Waals surface area contributed by atoms with Gasteiger partial charge in [-0.1, -0.05) is 41.6 Å². The summed E-state index contributed by atoms with van der Waals surface area (Å²) in [5, 5.41) is 0. The summed E-state index contributed by atoms with van der Waals surface area (Å²) >= 11 is 1.86. The minimum absolute atomic E-state index is 0.308. The van der Waals surface area contributed by atoms with Gasteiger partial charge in [0.25, 0.3) is 0 Å². The van der Waals surface area contributed by atoms with Crippen LogP contribution in [0.3, 0.4) is 0 Å². The van der Waals surface area contributed by atoms with E-state index in [9.17, 15) is 0 Å². The summed E-state index contributed by atoms with van der Waals surface area (Å²) in [7, 11) is 0. The van der Waals surface area contributed by atoms with Crippen LogP contribution in [0.1, 0.15) is 32.6 Å². The minimum atomic E-state index is -0.308. The van der Waals surface area contributed by atoms with Crippen LogP contribution in [-0.2, 0) is 9.47 Å². The molecule has 0 aromatic heterocycles. The van der Waals surface area contributed by atoms with Gasteiger partial charge in [-0.2, -0.15) is 0 Å². The Morgan fingerprint density at radius 2 is 1.42 bits per heavy atom. The van der Waals surface area contributed by atoms with Crippen molar-refractivity contribution in [2.45, 2.75) is 48.2 Å². The predicted molar refractivity (Wildman–Crippen MR) is 105 cm³/mol. The highest BCUT2D eigenvalue weighted by Gasteiger charge is 2.39. The first-order valence-corrected chi connectivity index (χ1v) is 10.2. The lowest BCUT2D eigenvalue weighted by Crippen LogP contribution is -2.34. The van der Waals surface area contributed by atoms with Gasteiger partial charge in [0.05, 0.1) is 24.6 Å². The summed E-state index contributed by atoms with van der Waals surface area (Å²) in [6, 6.07) is 17.4. The maximum absolute atomic E-state index is 5.91. The molecule has 4 heteroatoms. The zero-order valence-electron chi connectivity index (χ0n) is 15.0. The van der Waals surface area contributed by atoms with Crippen molar-refractivity contribution in [3.8, 4) is 0 Å². The molecule has 1 aliphatic carbocycles. The highest BCUT2D eigenvalue weighted by molar-refractivity contribution is 7.99. The van der Waals surface area contributed by atoms with Gasteiger partial charge in [-0.05, 0) is 44.0 Å². The first kappa shape index (κ1) is 16.4. The Hall–Kier alpha value is -1.75. The number of rotatable bonds is 1. The normalized spacial score (nSPS) is 20.8. The summed E-state index contributed by atoms with van der Waals surface area (Å²) < 4.78 is 11.8. The number of allylic oxidation sites excluding steroid dienone is 2. The molecule has 3 nitrogen and oxygen atoms in total. The van der Waals surface area contributed by atoms with Crippen LogP contribution in [0, 0.1) is 0 Å². The third kappa shape index (κ3) is 2.68. The monoisotopic (exact) mass is 365 g/mol. The summed E-state index contributed by atoms with van der Waals surface area (Å²) in [5.74, 6) is -0.308. The van der Waals surface area contributed by atoms with Crippen molar-refractivity contribution in [3.63, 3.8) is 0 Å². The van der Waals surface area contributed by atoms with Crippen LogP contribution in [-0.4, -0.2) is 19.0 Å². The number of hydrogen-bond donors (Lipinski definition) is 0. The molecule has 2 fully saturated rings. The van der Waals surface area contributed by atoms with Crippen molar-refractivity contribution < 1.29 is 9.47 Å². The van der Waals surface area contributed by atoms with Crippen LogP contribution >= 0.6 is 11.8 Å². The average molecular weight is 365 g/mol. The van der Waals surface area contributed by atoms with Gasteiger partial charge in [0.15, 0.2) is 5.79 Å². The van der Waals surface area contributed by atoms with Gasteiger partial charge in [0.1, 0.15) is 0 Å². The first-order valence-electron chi connectivity index (χ1n) is 9.38. The van der Waals surface area contributed by atoms with E-state index in [4.69, 9.17) is 9.47 Å². The average Bonchev–Trinajstić information content (AvgIpc) is 3.14. The van der Waals surface area contributed by atoms with Crippen molar-refractivity contribution in [3.05, 3.63) is 59.8 Å². The second-order valence-electron chi connectivity index (χ2n) is 7.17. The van der Waals surface area contributed by atoms with Crippen molar-refractivity contribution in [1.29, 1.82) is 0 Å². The Balaban J connectivity index is 1.53. The molecule has 1 saturated heterocycles. The molecular formula is C22H23NO2S. The third-order valence-electron chi connectivity index (χ3n) is 5.71. The Morgan fingerprint density at radius 3 is 2.00 bits per heavy atom. The quantitative estimate of drug-likeness (QED) is 0.629. The third-order valence-corrected chi connectivity index (χ3v) is 6.84.